The largest absolute Gasteiger partial charge is 0.473 e. The molecule has 65 heavy (non-hydrogen) atoms. The van der Waals surface area contributed by atoms with Crippen LogP contribution in [0.3, 0.4) is 0 Å². The summed E-state index contributed by atoms with van der Waals surface area (Å²) in [5.74, 6) is 0. The molecule has 0 saturated heterocycles. The maximum absolute atomic E-state index is 5.60. The van der Waals surface area contributed by atoms with E-state index in [2.05, 4.69) is 26.0 Å². The Kier molecular flexibility index (Phi) is 62.6. The van der Waals surface area contributed by atoms with Gasteiger partial charge in [-0.25, -0.2) is 0 Å². The van der Waals surface area contributed by atoms with Crippen molar-refractivity contribution in [3.63, 3.8) is 0 Å². The smallest absolute Gasteiger partial charge is 0.0861 e. The molecule has 1 nitrogen and oxygen atoms in total. The van der Waals surface area contributed by atoms with Crippen LogP contribution in [0, 0.1) is 0 Å². The topological polar surface area (TPSA) is 9.23 Å². The Hall–Kier alpha value is -0.720. The van der Waals surface area contributed by atoms with Crippen LogP contribution in [-0.2, 0) is 4.74 Å². The minimum Gasteiger partial charge on any atom is -0.473 e. The molecular formula is C64H126O. The van der Waals surface area contributed by atoms with E-state index < -0.39 is 0 Å². The van der Waals surface area contributed by atoms with E-state index in [9.17, 15) is 0 Å². The van der Waals surface area contributed by atoms with Crippen LogP contribution in [-0.4, -0.2) is 0 Å². The van der Waals surface area contributed by atoms with Crippen LogP contribution < -0.4 is 0 Å². The molecule has 1 heteroatoms. The van der Waals surface area contributed by atoms with Gasteiger partial charge in [-0.05, 0) is 37.8 Å². The molecule has 0 atom stereocenters. The second-order valence-corrected chi connectivity index (χ2v) is 21.5. The monoisotopic (exact) mass is 911 g/mol. The van der Waals surface area contributed by atoms with Crippen molar-refractivity contribution >= 4 is 0 Å². The van der Waals surface area contributed by atoms with Crippen LogP contribution >= 0.6 is 0 Å². The van der Waals surface area contributed by atoms with E-state index in [1.807, 2.05) is 12.5 Å². The standard InChI is InChI=1S/C64H126O/c1-3-5-7-9-11-13-15-17-19-21-23-25-27-29-31-33-35-37-39-41-43-45-47-49-51-53-55-57-59-61-63-65-64-62-60-58-56-54-52-50-48-46-44-42-40-38-36-34-32-30-28-26-24-22-20-18-16-14-12-10-8-6-4-2/h61-64H,3-60H2,1-2H3. The molecule has 0 aromatic heterocycles. The third kappa shape index (κ3) is 63.3. The van der Waals surface area contributed by atoms with Gasteiger partial charge in [-0.2, -0.15) is 0 Å². The van der Waals surface area contributed by atoms with Gasteiger partial charge >= 0.3 is 0 Å². The lowest BCUT2D eigenvalue weighted by Crippen LogP contribution is -1.85. The molecule has 0 heterocycles. The van der Waals surface area contributed by atoms with E-state index in [4.69, 9.17) is 4.74 Å². The van der Waals surface area contributed by atoms with Gasteiger partial charge in [-0.15, -0.1) is 0 Å². The van der Waals surface area contributed by atoms with Crippen LogP contribution in [0.1, 0.15) is 386 Å². The summed E-state index contributed by atoms with van der Waals surface area (Å²) in [5.41, 5.74) is 0. The summed E-state index contributed by atoms with van der Waals surface area (Å²) >= 11 is 0. The van der Waals surface area contributed by atoms with E-state index in [0.29, 0.717) is 0 Å². The number of hydrogen-bond acceptors (Lipinski definition) is 1. The summed E-state index contributed by atoms with van der Waals surface area (Å²) in [5, 5.41) is 0. The first-order valence-corrected chi connectivity index (χ1v) is 31.4. The molecule has 0 spiro atoms. The maximum Gasteiger partial charge on any atom is 0.0861 e. The molecule has 0 aliphatic heterocycles. The molecule has 0 unspecified atom stereocenters. The van der Waals surface area contributed by atoms with Gasteiger partial charge in [0.25, 0.3) is 0 Å². The highest BCUT2D eigenvalue weighted by Gasteiger charge is 1.99. The van der Waals surface area contributed by atoms with Crippen molar-refractivity contribution in [3.8, 4) is 0 Å². The molecule has 0 aliphatic carbocycles. The van der Waals surface area contributed by atoms with Crippen molar-refractivity contribution in [2.24, 2.45) is 0 Å². The zero-order valence-corrected chi connectivity index (χ0v) is 45.7. The van der Waals surface area contributed by atoms with Crippen molar-refractivity contribution in [3.05, 3.63) is 24.7 Å². The zero-order chi connectivity index (χ0) is 46.5. The Bertz CT molecular complexity index is 774. The molecule has 0 rings (SSSR count). The maximum atomic E-state index is 5.60. The minimum absolute atomic E-state index is 1.16. The van der Waals surface area contributed by atoms with Gasteiger partial charge in [0, 0.05) is 0 Å². The second-order valence-electron chi connectivity index (χ2n) is 21.5. The number of allylic oxidation sites excluding steroid dienone is 2. The molecule has 0 aromatic carbocycles. The van der Waals surface area contributed by atoms with E-state index in [0.717, 1.165) is 12.8 Å². The van der Waals surface area contributed by atoms with Gasteiger partial charge < -0.3 is 4.74 Å². The van der Waals surface area contributed by atoms with Crippen molar-refractivity contribution in [1.82, 2.24) is 0 Å². The molecule has 0 N–H and O–H groups in total. The fourth-order valence-corrected chi connectivity index (χ4v) is 10.2. The first-order valence-electron chi connectivity index (χ1n) is 31.4. The Morgan fingerprint density at radius 2 is 0.292 bits per heavy atom. The number of ether oxygens (including phenoxy) is 1. The van der Waals surface area contributed by atoms with E-state index >= 15 is 0 Å². The number of unbranched alkanes of at least 4 members (excludes halogenated alkanes) is 56. The Morgan fingerprint density at radius 3 is 0.431 bits per heavy atom. The normalized spacial score (nSPS) is 11.9. The lowest BCUT2D eigenvalue weighted by molar-refractivity contribution is 0.397. The average molecular weight is 912 g/mol. The van der Waals surface area contributed by atoms with Crippen molar-refractivity contribution in [2.45, 2.75) is 386 Å². The Balaban J connectivity index is 3.14. The predicted molar refractivity (Wildman–Crippen MR) is 298 cm³/mol. The third-order valence-corrected chi connectivity index (χ3v) is 14.8. The minimum atomic E-state index is 1.16. The molecule has 0 saturated carbocycles. The molecule has 0 aromatic rings. The SMILES string of the molecule is CCCCCCCCCCCCCCCCCCCCCCCCCCCCCCC=COC=CCCCCCCCCCCCCCCCCCCCCCCCCCCCCCC. The van der Waals surface area contributed by atoms with Gasteiger partial charge in [-0.3, -0.25) is 0 Å². The summed E-state index contributed by atoms with van der Waals surface area (Å²) < 4.78 is 5.60. The molecule has 0 aliphatic rings. The van der Waals surface area contributed by atoms with Crippen molar-refractivity contribution < 1.29 is 4.74 Å². The molecular weight excluding hydrogens is 785 g/mol. The lowest BCUT2D eigenvalue weighted by Gasteiger charge is -2.04. The summed E-state index contributed by atoms with van der Waals surface area (Å²) in [6.07, 6.45) is 92.3. The Labute approximate surface area is 413 Å². The quantitative estimate of drug-likeness (QED) is 0.0436. The molecule has 0 radical (unpaired) electrons. The van der Waals surface area contributed by atoms with Crippen LogP contribution in [0.2, 0.25) is 0 Å². The first-order chi connectivity index (χ1) is 32.4. The highest BCUT2D eigenvalue weighted by atomic mass is 16.5. The van der Waals surface area contributed by atoms with Crippen molar-refractivity contribution in [2.75, 3.05) is 0 Å². The number of rotatable bonds is 60. The van der Waals surface area contributed by atoms with Crippen LogP contribution in [0.5, 0.6) is 0 Å². The fraction of sp³-hybridized carbons (Fsp3) is 0.938. The van der Waals surface area contributed by atoms with E-state index in [1.165, 1.54) is 360 Å². The first kappa shape index (κ1) is 64.3. The molecule has 388 valence electrons. The van der Waals surface area contributed by atoms with Crippen molar-refractivity contribution in [1.29, 1.82) is 0 Å². The van der Waals surface area contributed by atoms with Gasteiger partial charge in [0.05, 0.1) is 12.5 Å². The zero-order valence-electron chi connectivity index (χ0n) is 45.7. The highest BCUT2D eigenvalue weighted by Crippen LogP contribution is 2.19. The fourth-order valence-electron chi connectivity index (χ4n) is 10.2. The summed E-state index contributed by atoms with van der Waals surface area (Å²) in [7, 11) is 0. The average Bonchev–Trinajstić information content (AvgIpc) is 3.32. The second kappa shape index (κ2) is 63.3. The van der Waals surface area contributed by atoms with Crippen LogP contribution in [0.15, 0.2) is 24.7 Å². The van der Waals surface area contributed by atoms with E-state index in [1.54, 1.807) is 0 Å². The van der Waals surface area contributed by atoms with Gasteiger partial charge in [0.2, 0.25) is 0 Å². The molecule has 0 fully saturated rings. The van der Waals surface area contributed by atoms with E-state index in [-0.39, 0.29) is 0 Å². The summed E-state index contributed by atoms with van der Waals surface area (Å²) in [4.78, 5) is 0. The van der Waals surface area contributed by atoms with Gasteiger partial charge in [0.1, 0.15) is 0 Å². The summed E-state index contributed by atoms with van der Waals surface area (Å²) in [6.45, 7) is 4.62. The summed E-state index contributed by atoms with van der Waals surface area (Å²) in [6, 6.07) is 0. The highest BCUT2D eigenvalue weighted by molar-refractivity contribution is 4.80. The van der Waals surface area contributed by atoms with Gasteiger partial charge in [-0.1, -0.05) is 361 Å². The molecule has 0 amide bonds. The predicted octanol–water partition coefficient (Wildman–Crippen LogP) is 24.7. The van der Waals surface area contributed by atoms with Gasteiger partial charge in [0.15, 0.2) is 0 Å². The third-order valence-electron chi connectivity index (χ3n) is 14.8. The van der Waals surface area contributed by atoms with Crippen LogP contribution in [0.25, 0.3) is 0 Å². The number of hydrogen-bond donors (Lipinski definition) is 0. The van der Waals surface area contributed by atoms with Crippen LogP contribution in [0.4, 0.5) is 0 Å². The molecule has 0 bridgehead atoms. The lowest BCUT2D eigenvalue weighted by atomic mass is 10.0. The Morgan fingerprint density at radius 1 is 0.169 bits per heavy atom.